The van der Waals surface area contributed by atoms with E-state index in [1.807, 2.05) is 0 Å². The summed E-state index contributed by atoms with van der Waals surface area (Å²) in [4.78, 5) is 28.8. The number of ether oxygens (including phenoxy) is 2. The average Bonchev–Trinajstić information content (AvgIpc) is 2.76. The molecule has 1 rings (SSSR count). The Morgan fingerprint density at radius 2 is 1.00 bits per heavy atom. The van der Waals surface area contributed by atoms with Crippen LogP contribution in [0.2, 0.25) is 0 Å². The van der Waals surface area contributed by atoms with Crippen LogP contribution in [0.4, 0.5) is 0 Å². The van der Waals surface area contributed by atoms with Crippen molar-refractivity contribution in [2.45, 2.75) is 52.4 Å². The lowest BCUT2D eigenvalue weighted by atomic mass is 10.1. The van der Waals surface area contributed by atoms with Gasteiger partial charge in [0.25, 0.3) is 0 Å². The first-order chi connectivity index (χ1) is 14.5. The Morgan fingerprint density at radius 3 is 1.33 bits per heavy atom. The van der Waals surface area contributed by atoms with E-state index >= 15 is 0 Å². The standard InChI is InChI=1S/C24H40N2O4/c1-5-7-15-25(3)17-9-19-29-23(27)21-11-13-22(14-12-21)24(28)30-20-10-18-26(4)16-8-6-2/h11-14H,5-10,15-20H2,1-4H3. The highest BCUT2D eigenvalue weighted by Crippen LogP contribution is 2.08. The van der Waals surface area contributed by atoms with Gasteiger partial charge in [-0.15, -0.1) is 0 Å². The molecule has 0 heterocycles. The smallest absolute Gasteiger partial charge is 0.338 e. The molecular weight excluding hydrogens is 380 g/mol. The van der Waals surface area contributed by atoms with Crippen molar-refractivity contribution in [3.8, 4) is 0 Å². The quantitative estimate of drug-likeness (QED) is 0.294. The summed E-state index contributed by atoms with van der Waals surface area (Å²) in [5.74, 6) is -0.720. The molecule has 0 aliphatic carbocycles. The van der Waals surface area contributed by atoms with E-state index in [0.29, 0.717) is 24.3 Å². The molecule has 1 aromatic carbocycles. The Bertz CT molecular complexity index is 551. The Hall–Kier alpha value is -1.92. The third-order valence-electron chi connectivity index (χ3n) is 4.98. The van der Waals surface area contributed by atoms with E-state index in [-0.39, 0.29) is 11.9 Å². The second-order valence-corrected chi connectivity index (χ2v) is 7.87. The molecule has 6 heteroatoms. The minimum absolute atomic E-state index is 0.360. The van der Waals surface area contributed by atoms with Crippen molar-refractivity contribution in [2.24, 2.45) is 0 Å². The summed E-state index contributed by atoms with van der Waals surface area (Å²) in [5.41, 5.74) is 0.895. The van der Waals surface area contributed by atoms with Gasteiger partial charge in [0.2, 0.25) is 0 Å². The van der Waals surface area contributed by atoms with Crippen molar-refractivity contribution in [2.75, 3.05) is 53.5 Å². The number of hydrogen-bond donors (Lipinski definition) is 0. The second kappa shape index (κ2) is 15.9. The molecule has 0 N–H and O–H groups in total. The minimum atomic E-state index is -0.360. The SMILES string of the molecule is CCCCN(C)CCCOC(=O)c1ccc(C(=O)OCCCN(C)CCCC)cc1. The highest BCUT2D eigenvalue weighted by Gasteiger charge is 2.11. The molecule has 1 aromatic rings. The van der Waals surface area contributed by atoms with E-state index in [4.69, 9.17) is 9.47 Å². The second-order valence-electron chi connectivity index (χ2n) is 7.87. The van der Waals surface area contributed by atoms with Crippen LogP contribution in [0, 0.1) is 0 Å². The number of unbranched alkanes of at least 4 members (excludes halogenated alkanes) is 2. The third-order valence-corrected chi connectivity index (χ3v) is 4.98. The van der Waals surface area contributed by atoms with Crippen molar-refractivity contribution in [3.05, 3.63) is 35.4 Å². The van der Waals surface area contributed by atoms with Gasteiger partial charge in [0.15, 0.2) is 0 Å². The summed E-state index contributed by atoms with van der Waals surface area (Å²) in [5, 5.41) is 0. The van der Waals surface area contributed by atoms with Gasteiger partial charge in [-0.2, -0.15) is 0 Å². The van der Waals surface area contributed by atoms with E-state index < -0.39 is 0 Å². The van der Waals surface area contributed by atoms with Crippen LogP contribution < -0.4 is 0 Å². The minimum Gasteiger partial charge on any atom is -0.462 e. The Morgan fingerprint density at radius 1 is 0.667 bits per heavy atom. The Labute approximate surface area is 182 Å². The van der Waals surface area contributed by atoms with Crippen LogP contribution in [-0.2, 0) is 9.47 Å². The van der Waals surface area contributed by atoms with Gasteiger partial charge in [-0.1, -0.05) is 26.7 Å². The molecule has 0 saturated heterocycles. The van der Waals surface area contributed by atoms with E-state index in [9.17, 15) is 9.59 Å². The van der Waals surface area contributed by atoms with Crippen LogP contribution >= 0.6 is 0 Å². The summed E-state index contributed by atoms with van der Waals surface area (Å²) in [6.07, 6.45) is 6.34. The molecule has 0 atom stereocenters. The molecule has 0 bridgehead atoms. The van der Waals surface area contributed by atoms with Crippen LogP contribution in [-0.4, -0.2) is 75.2 Å². The van der Waals surface area contributed by atoms with Crippen LogP contribution in [0.25, 0.3) is 0 Å². The molecule has 0 fully saturated rings. The normalized spacial score (nSPS) is 11.1. The average molecular weight is 421 g/mol. The highest BCUT2D eigenvalue weighted by molar-refractivity contribution is 5.93. The van der Waals surface area contributed by atoms with Crippen LogP contribution in [0.15, 0.2) is 24.3 Å². The van der Waals surface area contributed by atoms with E-state index in [1.165, 1.54) is 25.7 Å². The summed E-state index contributed by atoms with van der Waals surface area (Å²) in [7, 11) is 4.17. The molecule has 170 valence electrons. The van der Waals surface area contributed by atoms with Crippen molar-refractivity contribution < 1.29 is 19.1 Å². The third kappa shape index (κ3) is 11.3. The zero-order valence-electron chi connectivity index (χ0n) is 19.3. The Kier molecular flexibility index (Phi) is 13.8. The fourth-order valence-corrected chi connectivity index (χ4v) is 2.99. The molecule has 30 heavy (non-hydrogen) atoms. The zero-order chi connectivity index (χ0) is 22.2. The lowest BCUT2D eigenvalue weighted by Crippen LogP contribution is -2.22. The summed E-state index contributed by atoms with van der Waals surface area (Å²) in [6.45, 7) is 9.09. The molecule has 0 radical (unpaired) electrons. The first-order valence-electron chi connectivity index (χ1n) is 11.3. The number of benzene rings is 1. The predicted octanol–water partition coefficient (Wildman–Crippen LogP) is 4.24. The van der Waals surface area contributed by atoms with Crippen molar-refractivity contribution in [1.82, 2.24) is 9.80 Å². The van der Waals surface area contributed by atoms with Crippen molar-refractivity contribution >= 4 is 11.9 Å². The van der Waals surface area contributed by atoms with E-state index in [0.717, 1.165) is 39.0 Å². The maximum atomic E-state index is 12.1. The van der Waals surface area contributed by atoms with Gasteiger partial charge in [-0.05, 0) is 77.1 Å². The van der Waals surface area contributed by atoms with Crippen LogP contribution in [0.5, 0.6) is 0 Å². The number of carbonyl (C=O) groups excluding carboxylic acids is 2. The van der Waals surface area contributed by atoms with Gasteiger partial charge in [-0.3, -0.25) is 0 Å². The monoisotopic (exact) mass is 420 g/mol. The van der Waals surface area contributed by atoms with E-state index in [2.05, 4.69) is 37.7 Å². The fraction of sp³-hybridized carbons (Fsp3) is 0.667. The molecule has 0 unspecified atom stereocenters. The topological polar surface area (TPSA) is 59.1 Å². The largest absolute Gasteiger partial charge is 0.462 e. The molecule has 0 aromatic heterocycles. The molecule has 0 aliphatic heterocycles. The van der Waals surface area contributed by atoms with Gasteiger partial charge in [0, 0.05) is 13.1 Å². The number of hydrogen-bond acceptors (Lipinski definition) is 6. The molecule has 0 spiro atoms. The number of nitrogens with zero attached hydrogens (tertiary/aromatic N) is 2. The van der Waals surface area contributed by atoms with Crippen LogP contribution in [0.1, 0.15) is 73.1 Å². The van der Waals surface area contributed by atoms with Crippen molar-refractivity contribution in [3.63, 3.8) is 0 Å². The lowest BCUT2D eigenvalue weighted by Gasteiger charge is -2.16. The highest BCUT2D eigenvalue weighted by atomic mass is 16.5. The summed E-state index contributed by atoms with van der Waals surface area (Å²) >= 11 is 0. The molecular formula is C24H40N2O4. The maximum Gasteiger partial charge on any atom is 0.338 e. The fourth-order valence-electron chi connectivity index (χ4n) is 2.99. The van der Waals surface area contributed by atoms with Gasteiger partial charge in [0.05, 0.1) is 24.3 Å². The van der Waals surface area contributed by atoms with Crippen LogP contribution in [0.3, 0.4) is 0 Å². The van der Waals surface area contributed by atoms with Gasteiger partial charge >= 0.3 is 11.9 Å². The molecule has 0 aliphatic rings. The number of rotatable bonds is 16. The van der Waals surface area contributed by atoms with Gasteiger partial charge < -0.3 is 19.3 Å². The first-order valence-corrected chi connectivity index (χ1v) is 11.3. The zero-order valence-corrected chi connectivity index (χ0v) is 19.3. The first kappa shape index (κ1) is 26.1. The van der Waals surface area contributed by atoms with E-state index in [1.54, 1.807) is 24.3 Å². The van der Waals surface area contributed by atoms with Gasteiger partial charge in [0.1, 0.15) is 0 Å². The van der Waals surface area contributed by atoms with Crippen molar-refractivity contribution in [1.29, 1.82) is 0 Å². The van der Waals surface area contributed by atoms with Gasteiger partial charge in [-0.25, -0.2) is 9.59 Å². The molecule has 0 amide bonds. The summed E-state index contributed by atoms with van der Waals surface area (Å²) in [6, 6.07) is 6.46. The molecule has 0 saturated carbocycles. The lowest BCUT2D eigenvalue weighted by molar-refractivity contribution is 0.0476. The summed E-state index contributed by atoms with van der Waals surface area (Å²) < 4.78 is 10.7. The number of esters is 2. The predicted molar refractivity (Wildman–Crippen MR) is 121 cm³/mol. The Balaban J connectivity index is 2.27. The number of carbonyl (C=O) groups is 2. The maximum absolute atomic E-state index is 12.1. The molecule has 6 nitrogen and oxygen atoms in total.